The van der Waals surface area contributed by atoms with E-state index in [1.54, 1.807) is 0 Å². The quantitative estimate of drug-likeness (QED) is 0.729. The summed E-state index contributed by atoms with van der Waals surface area (Å²) >= 11 is 0. The standard InChI is InChI=1S/C6H7Cl3GeN2O3/c1-3(13)12-5(14)2-4(10(7,8)9)11-6(12)15/h4H,2H2,1H3,(H,11,15). The van der Waals surface area contributed by atoms with Crippen LogP contribution in [0.25, 0.3) is 0 Å². The van der Waals surface area contributed by atoms with Crippen molar-refractivity contribution in [3.8, 4) is 0 Å². The van der Waals surface area contributed by atoms with Gasteiger partial charge in [-0.3, -0.25) is 0 Å². The van der Waals surface area contributed by atoms with E-state index in [4.69, 9.17) is 30.0 Å². The van der Waals surface area contributed by atoms with Crippen molar-refractivity contribution in [3.63, 3.8) is 0 Å². The molecule has 5 nitrogen and oxygen atoms in total. The summed E-state index contributed by atoms with van der Waals surface area (Å²) < 4.78 is 0. The number of carbonyl (C=O) groups is 3. The molecule has 0 aromatic carbocycles. The van der Waals surface area contributed by atoms with E-state index in [0.717, 1.165) is 6.92 Å². The van der Waals surface area contributed by atoms with Crippen LogP contribution in [0.5, 0.6) is 0 Å². The summed E-state index contributed by atoms with van der Waals surface area (Å²) in [7, 11) is 13.5. The van der Waals surface area contributed by atoms with Gasteiger partial charge in [-0.1, -0.05) is 0 Å². The Balaban J connectivity index is 2.85. The molecule has 1 N–H and O–H groups in total. The van der Waals surface area contributed by atoms with Crippen molar-refractivity contribution in [2.75, 3.05) is 0 Å². The van der Waals surface area contributed by atoms with Crippen molar-refractivity contribution in [1.82, 2.24) is 10.2 Å². The van der Waals surface area contributed by atoms with Gasteiger partial charge in [-0.25, -0.2) is 0 Å². The number of hydrogen-bond donors (Lipinski definition) is 1. The van der Waals surface area contributed by atoms with Crippen LogP contribution in [0.3, 0.4) is 0 Å². The Morgan fingerprint density at radius 2 is 2.00 bits per heavy atom. The van der Waals surface area contributed by atoms with E-state index >= 15 is 0 Å². The molecule has 1 saturated heterocycles. The van der Waals surface area contributed by atoms with Gasteiger partial charge in [-0.2, -0.15) is 0 Å². The first kappa shape index (κ1) is 13.1. The van der Waals surface area contributed by atoms with Gasteiger partial charge >= 0.3 is 101 Å². The second-order valence-corrected chi connectivity index (χ2v) is 19.0. The van der Waals surface area contributed by atoms with Crippen LogP contribution >= 0.6 is 30.0 Å². The van der Waals surface area contributed by atoms with Crippen molar-refractivity contribution in [2.45, 2.75) is 18.2 Å². The summed E-state index contributed by atoms with van der Waals surface area (Å²) in [6.07, 6.45) is -0.137. The van der Waals surface area contributed by atoms with Crippen LogP contribution in [0.4, 0.5) is 4.79 Å². The molecular formula is C6H7Cl3GeN2O3. The molecule has 0 aromatic heterocycles. The predicted molar refractivity (Wildman–Crippen MR) is 57.8 cm³/mol. The van der Waals surface area contributed by atoms with Gasteiger partial charge in [0.15, 0.2) is 0 Å². The maximum atomic E-state index is 11.4. The van der Waals surface area contributed by atoms with Crippen molar-refractivity contribution in [1.29, 1.82) is 0 Å². The van der Waals surface area contributed by atoms with Gasteiger partial charge in [0.2, 0.25) is 0 Å². The minimum absolute atomic E-state index is 0.137. The Kier molecular flexibility index (Phi) is 3.92. The first-order chi connectivity index (χ1) is 6.73. The summed E-state index contributed by atoms with van der Waals surface area (Å²) in [5.74, 6) is -1.28. The molecule has 0 saturated carbocycles. The average Bonchev–Trinajstić information content (AvgIpc) is 1.99. The average molecular weight is 334 g/mol. The van der Waals surface area contributed by atoms with Crippen LogP contribution in [0.15, 0.2) is 0 Å². The number of rotatable bonds is 1. The normalized spacial score (nSPS) is 22.7. The summed E-state index contributed by atoms with van der Waals surface area (Å²) in [6.45, 7) is 1.12. The molecule has 1 aliphatic heterocycles. The topological polar surface area (TPSA) is 66.5 Å². The number of nitrogens with zero attached hydrogens (tertiary/aromatic N) is 1. The van der Waals surface area contributed by atoms with E-state index in [2.05, 4.69) is 5.32 Å². The molecule has 1 rings (SSSR count). The fourth-order valence-electron chi connectivity index (χ4n) is 1.16. The third kappa shape index (κ3) is 2.99. The monoisotopic (exact) mass is 334 g/mol. The van der Waals surface area contributed by atoms with Crippen LogP contribution in [-0.2, 0) is 9.59 Å². The van der Waals surface area contributed by atoms with E-state index in [1.165, 1.54) is 0 Å². The molecule has 4 amide bonds. The van der Waals surface area contributed by atoms with E-state index in [-0.39, 0.29) is 6.42 Å². The molecule has 15 heavy (non-hydrogen) atoms. The number of imide groups is 3. The van der Waals surface area contributed by atoms with Crippen molar-refractivity contribution < 1.29 is 14.4 Å². The molecule has 1 heterocycles. The Hall–Kier alpha value is 0.0229. The van der Waals surface area contributed by atoms with Gasteiger partial charge in [-0.15, -0.1) is 0 Å². The number of halogens is 3. The Morgan fingerprint density at radius 3 is 2.33 bits per heavy atom. The first-order valence-electron chi connectivity index (χ1n) is 3.94. The summed E-state index contributed by atoms with van der Waals surface area (Å²) in [5, 5.41) is 2.35. The maximum absolute atomic E-state index is 11.4. The van der Waals surface area contributed by atoms with Gasteiger partial charge < -0.3 is 0 Å². The molecule has 1 unspecified atom stereocenters. The fourth-order valence-corrected chi connectivity index (χ4v) is 4.67. The van der Waals surface area contributed by atoms with Crippen molar-refractivity contribution >= 4 is 58.4 Å². The first-order valence-corrected chi connectivity index (χ1v) is 13.4. The third-order valence-electron chi connectivity index (χ3n) is 1.84. The molecule has 0 radical (unpaired) electrons. The van der Waals surface area contributed by atoms with Crippen LogP contribution < -0.4 is 5.32 Å². The SMILES string of the molecule is CC(=O)N1C(=O)C[CH]([Ge]([Cl])([Cl])[Cl])NC1=O. The van der Waals surface area contributed by atoms with E-state index in [1.807, 2.05) is 0 Å². The van der Waals surface area contributed by atoms with Crippen molar-refractivity contribution in [2.24, 2.45) is 0 Å². The van der Waals surface area contributed by atoms with Gasteiger partial charge in [-0.05, 0) is 0 Å². The van der Waals surface area contributed by atoms with Crippen LogP contribution in [-0.4, -0.2) is 38.1 Å². The zero-order valence-corrected chi connectivity index (χ0v) is 12.0. The van der Waals surface area contributed by atoms with Gasteiger partial charge in [0.25, 0.3) is 0 Å². The zero-order chi connectivity index (χ0) is 11.8. The molecule has 1 aliphatic rings. The fraction of sp³-hybridized carbons (Fsp3) is 0.500. The van der Waals surface area contributed by atoms with Crippen LogP contribution in [0, 0.1) is 0 Å². The third-order valence-corrected chi connectivity index (χ3v) is 8.33. The molecular weight excluding hydrogens is 327 g/mol. The molecule has 84 valence electrons. The molecule has 1 fully saturated rings. The number of carbonyl (C=O) groups excluding carboxylic acids is 3. The summed E-state index contributed by atoms with van der Waals surface area (Å²) in [4.78, 5) is 33.4. The van der Waals surface area contributed by atoms with Gasteiger partial charge in [0.05, 0.1) is 0 Å². The molecule has 0 aliphatic carbocycles. The zero-order valence-electron chi connectivity index (χ0n) is 7.59. The second-order valence-electron chi connectivity index (χ2n) is 3.00. The van der Waals surface area contributed by atoms with Crippen LogP contribution in [0.1, 0.15) is 13.3 Å². The second kappa shape index (κ2) is 4.49. The number of urea groups is 1. The Morgan fingerprint density at radius 1 is 1.47 bits per heavy atom. The molecule has 9 heteroatoms. The van der Waals surface area contributed by atoms with Crippen LogP contribution in [0.2, 0.25) is 0 Å². The van der Waals surface area contributed by atoms with Gasteiger partial charge in [0, 0.05) is 0 Å². The van der Waals surface area contributed by atoms with E-state index in [9.17, 15) is 14.4 Å². The predicted octanol–water partition coefficient (Wildman–Crippen LogP) is 1.04. The number of amides is 4. The van der Waals surface area contributed by atoms with E-state index in [0.29, 0.717) is 4.90 Å². The van der Waals surface area contributed by atoms with Gasteiger partial charge in [0.1, 0.15) is 0 Å². The summed E-state index contributed by atoms with van der Waals surface area (Å²) in [5.41, 5.74) is 0. The number of hydrogen-bond acceptors (Lipinski definition) is 3. The minimum atomic E-state index is -3.67. The Bertz CT molecular complexity index is 312. The molecule has 0 aromatic rings. The Labute approximate surface area is 101 Å². The number of nitrogens with one attached hydrogen (secondary N) is 1. The molecule has 1 atom stereocenters. The molecule has 0 bridgehead atoms. The summed E-state index contributed by atoms with van der Waals surface area (Å²) in [6, 6.07) is -0.819. The van der Waals surface area contributed by atoms with E-state index < -0.39 is 33.2 Å². The molecule has 0 spiro atoms. The van der Waals surface area contributed by atoms with Crippen molar-refractivity contribution in [3.05, 3.63) is 0 Å².